The molecule has 1 heterocycles. The third kappa shape index (κ3) is 4.45. The van der Waals surface area contributed by atoms with Gasteiger partial charge in [-0.05, 0) is 43.7 Å². The fraction of sp³-hybridized carbons (Fsp3) is 0.526. The molecule has 25 heavy (non-hydrogen) atoms. The van der Waals surface area contributed by atoms with Crippen molar-refractivity contribution in [2.24, 2.45) is 5.41 Å². The third-order valence-electron chi connectivity index (χ3n) is 4.35. The minimum absolute atomic E-state index is 0.189. The number of rotatable bonds is 7. The van der Waals surface area contributed by atoms with Crippen molar-refractivity contribution in [1.29, 1.82) is 0 Å². The van der Waals surface area contributed by atoms with Gasteiger partial charge in [-0.1, -0.05) is 32.0 Å². The average Bonchev–Trinajstić information content (AvgIpc) is 3.31. The Hall–Kier alpha value is -2.21. The van der Waals surface area contributed by atoms with Crippen LogP contribution in [-0.2, 0) is 0 Å². The normalized spacial score (nSPS) is 15.8. The fourth-order valence-electron chi connectivity index (χ4n) is 3.06. The van der Waals surface area contributed by atoms with Crippen LogP contribution in [0.3, 0.4) is 0 Å². The Labute approximate surface area is 148 Å². The summed E-state index contributed by atoms with van der Waals surface area (Å²) in [5, 5.41) is 16.9. The van der Waals surface area contributed by atoms with Crippen LogP contribution in [0.15, 0.2) is 30.3 Å². The number of nitrogens with zero attached hydrogens (tertiary/aromatic N) is 3. The van der Waals surface area contributed by atoms with E-state index in [0.29, 0.717) is 18.9 Å². The van der Waals surface area contributed by atoms with Crippen LogP contribution in [0.4, 0.5) is 0 Å². The van der Waals surface area contributed by atoms with Gasteiger partial charge in [0.1, 0.15) is 5.82 Å². The standard InChI is InChI=1S/C19H26N4O2/c1-13(24)11-19(2,3)12-20-18(25)16-21-17(14-9-10-14)23(22-16)15-7-5-4-6-8-15/h4-8,13-14,24H,9-12H2,1-3H3,(H,20,25). The predicted octanol–water partition coefficient (Wildman–Crippen LogP) is 2.67. The number of amides is 1. The van der Waals surface area contributed by atoms with E-state index in [-0.39, 0.29) is 17.1 Å². The first-order valence-corrected chi connectivity index (χ1v) is 8.84. The summed E-state index contributed by atoms with van der Waals surface area (Å²) in [6.45, 7) is 6.27. The van der Waals surface area contributed by atoms with Gasteiger partial charge in [-0.15, -0.1) is 5.10 Å². The number of carbonyl (C=O) groups is 1. The quantitative estimate of drug-likeness (QED) is 0.811. The Kier molecular flexibility index (Phi) is 4.90. The highest BCUT2D eigenvalue weighted by Crippen LogP contribution is 2.39. The van der Waals surface area contributed by atoms with E-state index in [9.17, 15) is 9.90 Å². The topological polar surface area (TPSA) is 80.0 Å². The Balaban J connectivity index is 1.75. The molecule has 1 aliphatic carbocycles. The molecular weight excluding hydrogens is 316 g/mol. The summed E-state index contributed by atoms with van der Waals surface area (Å²) in [6.07, 6.45) is 2.40. The van der Waals surface area contributed by atoms with E-state index in [4.69, 9.17) is 0 Å². The molecular formula is C19H26N4O2. The molecule has 1 unspecified atom stereocenters. The van der Waals surface area contributed by atoms with E-state index in [0.717, 1.165) is 24.4 Å². The lowest BCUT2D eigenvalue weighted by atomic mass is 9.87. The van der Waals surface area contributed by atoms with Crippen molar-refractivity contribution in [3.8, 4) is 5.69 Å². The molecule has 2 aromatic rings. The van der Waals surface area contributed by atoms with Gasteiger partial charge >= 0.3 is 0 Å². The highest BCUT2D eigenvalue weighted by atomic mass is 16.3. The summed E-state index contributed by atoms with van der Waals surface area (Å²) in [4.78, 5) is 17.0. The third-order valence-corrected chi connectivity index (χ3v) is 4.35. The molecule has 1 amide bonds. The zero-order valence-corrected chi connectivity index (χ0v) is 15.1. The van der Waals surface area contributed by atoms with Crippen LogP contribution in [0.2, 0.25) is 0 Å². The van der Waals surface area contributed by atoms with Crippen LogP contribution in [0.5, 0.6) is 0 Å². The number of hydrogen-bond donors (Lipinski definition) is 2. The molecule has 6 heteroatoms. The number of aliphatic hydroxyl groups is 1. The first-order chi connectivity index (χ1) is 11.9. The molecule has 134 valence electrons. The van der Waals surface area contributed by atoms with Gasteiger partial charge in [0.15, 0.2) is 0 Å². The van der Waals surface area contributed by atoms with Gasteiger partial charge in [0, 0.05) is 12.5 Å². The van der Waals surface area contributed by atoms with E-state index < -0.39 is 6.10 Å². The van der Waals surface area contributed by atoms with Crippen molar-refractivity contribution in [1.82, 2.24) is 20.1 Å². The Morgan fingerprint density at radius 1 is 1.36 bits per heavy atom. The van der Waals surface area contributed by atoms with Crippen molar-refractivity contribution in [3.05, 3.63) is 42.0 Å². The van der Waals surface area contributed by atoms with E-state index in [1.807, 2.05) is 44.2 Å². The number of benzene rings is 1. The van der Waals surface area contributed by atoms with Crippen LogP contribution < -0.4 is 5.32 Å². The Morgan fingerprint density at radius 3 is 2.64 bits per heavy atom. The van der Waals surface area contributed by atoms with Crippen molar-refractivity contribution in [3.63, 3.8) is 0 Å². The van der Waals surface area contributed by atoms with Crippen LogP contribution in [0, 0.1) is 5.41 Å². The Bertz CT molecular complexity index is 733. The largest absolute Gasteiger partial charge is 0.393 e. The SMILES string of the molecule is CC(O)CC(C)(C)CNC(=O)c1nc(C2CC2)n(-c2ccccc2)n1. The maximum Gasteiger partial charge on any atom is 0.291 e. The Morgan fingerprint density at radius 2 is 2.04 bits per heavy atom. The van der Waals surface area contributed by atoms with Gasteiger partial charge in [-0.3, -0.25) is 4.79 Å². The molecule has 3 rings (SSSR count). The monoisotopic (exact) mass is 342 g/mol. The number of nitrogens with one attached hydrogen (secondary N) is 1. The van der Waals surface area contributed by atoms with Gasteiger partial charge in [0.05, 0.1) is 11.8 Å². The highest BCUT2D eigenvalue weighted by molar-refractivity contribution is 5.90. The predicted molar refractivity (Wildman–Crippen MR) is 95.7 cm³/mol. The number of para-hydroxylation sites is 1. The summed E-state index contributed by atoms with van der Waals surface area (Å²) in [5.41, 5.74) is 0.732. The molecule has 1 saturated carbocycles. The minimum atomic E-state index is -0.399. The summed E-state index contributed by atoms with van der Waals surface area (Å²) >= 11 is 0. The van der Waals surface area contributed by atoms with Crippen LogP contribution >= 0.6 is 0 Å². The van der Waals surface area contributed by atoms with Gasteiger partial charge < -0.3 is 10.4 Å². The number of carbonyl (C=O) groups excluding carboxylic acids is 1. The van der Waals surface area contributed by atoms with E-state index >= 15 is 0 Å². The fourth-order valence-corrected chi connectivity index (χ4v) is 3.06. The van der Waals surface area contributed by atoms with Gasteiger partial charge in [0.25, 0.3) is 5.91 Å². The first-order valence-electron chi connectivity index (χ1n) is 8.84. The second-order valence-corrected chi connectivity index (χ2v) is 7.72. The molecule has 0 aliphatic heterocycles. The van der Waals surface area contributed by atoms with E-state index in [1.54, 1.807) is 11.6 Å². The van der Waals surface area contributed by atoms with E-state index in [1.165, 1.54) is 0 Å². The van der Waals surface area contributed by atoms with Crippen LogP contribution in [0.25, 0.3) is 5.69 Å². The zero-order chi connectivity index (χ0) is 18.0. The summed E-state index contributed by atoms with van der Waals surface area (Å²) in [5.74, 6) is 1.19. The van der Waals surface area contributed by atoms with Gasteiger partial charge in [-0.25, -0.2) is 9.67 Å². The van der Waals surface area contributed by atoms with Crippen LogP contribution in [-0.4, -0.2) is 38.4 Å². The lowest BCUT2D eigenvalue weighted by molar-refractivity contribution is 0.0892. The molecule has 1 aromatic carbocycles. The lowest BCUT2D eigenvalue weighted by Crippen LogP contribution is -2.36. The van der Waals surface area contributed by atoms with Gasteiger partial charge in [-0.2, -0.15) is 0 Å². The molecule has 2 N–H and O–H groups in total. The molecule has 1 aliphatic rings. The van der Waals surface area contributed by atoms with Gasteiger partial charge in [0.2, 0.25) is 5.82 Å². The molecule has 6 nitrogen and oxygen atoms in total. The zero-order valence-electron chi connectivity index (χ0n) is 15.1. The van der Waals surface area contributed by atoms with Crippen molar-refractivity contribution in [2.45, 2.75) is 52.1 Å². The maximum atomic E-state index is 12.5. The van der Waals surface area contributed by atoms with Crippen molar-refractivity contribution < 1.29 is 9.90 Å². The average molecular weight is 342 g/mol. The molecule has 0 saturated heterocycles. The highest BCUT2D eigenvalue weighted by Gasteiger charge is 2.32. The minimum Gasteiger partial charge on any atom is -0.393 e. The summed E-state index contributed by atoms with van der Waals surface area (Å²) < 4.78 is 1.79. The maximum absolute atomic E-state index is 12.5. The number of aliphatic hydroxyl groups excluding tert-OH is 1. The number of aromatic nitrogens is 3. The summed E-state index contributed by atoms with van der Waals surface area (Å²) in [7, 11) is 0. The molecule has 1 aromatic heterocycles. The second kappa shape index (κ2) is 6.96. The lowest BCUT2D eigenvalue weighted by Gasteiger charge is -2.26. The second-order valence-electron chi connectivity index (χ2n) is 7.72. The molecule has 1 atom stereocenters. The van der Waals surface area contributed by atoms with Crippen molar-refractivity contribution >= 4 is 5.91 Å². The number of hydrogen-bond acceptors (Lipinski definition) is 4. The molecule has 0 spiro atoms. The van der Waals surface area contributed by atoms with Crippen LogP contribution in [0.1, 0.15) is 62.4 Å². The summed E-state index contributed by atoms with van der Waals surface area (Å²) in [6, 6.07) is 9.79. The molecule has 0 bridgehead atoms. The van der Waals surface area contributed by atoms with E-state index in [2.05, 4.69) is 15.4 Å². The molecule has 1 fully saturated rings. The first kappa shape index (κ1) is 17.6. The van der Waals surface area contributed by atoms with Crippen molar-refractivity contribution in [2.75, 3.05) is 6.54 Å². The molecule has 0 radical (unpaired) electrons. The smallest absolute Gasteiger partial charge is 0.291 e.